The Balaban J connectivity index is 2.06. The zero-order chi connectivity index (χ0) is 15.1. The molecule has 1 heterocycles. The third kappa shape index (κ3) is 1.86. The summed E-state index contributed by atoms with van der Waals surface area (Å²) in [5, 5.41) is 2.60. The van der Waals surface area contributed by atoms with E-state index >= 15 is 0 Å². The largest absolute Gasteiger partial charge is 0.341 e. The van der Waals surface area contributed by atoms with Crippen molar-refractivity contribution in [1.29, 1.82) is 0 Å². The van der Waals surface area contributed by atoms with Crippen molar-refractivity contribution in [2.75, 3.05) is 0 Å². The Morgan fingerprint density at radius 3 is 2.59 bits per heavy atom. The van der Waals surface area contributed by atoms with Crippen molar-refractivity contribution in [2.45, 2.75) is 20.4 Å². The van der Waals surface area contributed by atoms with Gasteiger partial charge in [0.2, 0.25) is 0 Å². The van der Waals surface area contributed by atoms with Crippen molar-refractivity contribution in [3.63, 3.8) is 0 Å². The van der Waals surface area contributed by atoms with E-state index in [4.69, 9.17) is 0 Å². The second-order valence-corrected chi connectivity index (χ2v) is 5.73. The van der Waals surface area contributed by atoms with Gasteiger partial charge in [-0.25, -0.2) is 0 Å². The predicted octanol–water partition coefficient (Wildman–Crippen LogP) is 5.59. The minimum atomic E-state index is 0.980. The zero-order valence-electron chi connectivity index (χ0n) is 12.9. The van der Waals surface area contributed by atoms with Crippen LogP contribution in [0.15, 0.2) is 60.7 Å². The van der Waals surface area contributed by atoms with Crippen LogP contribution in [0.4, 0.5) is 0 Å². The van der Waals surface area contributed by atoms with Crippen LogP contribution in [0.2, 0.25) is 0 Å². The molecule has 0 amide bonds. The molecule has 0 aliphatic heterocycles. The van der Waals surface area contributed by atoms with Gasteiger partial charge in [-0.05, 0) is 60.9 Å². The lowest BCUT2D eigenvalue weighted by molar-refractivity contribution is 0.827. The molecule has 4 aromatic rings. The van der Waals surface area contributed by atoms with Crippen LogP contribution in [-0.4, -0.2) is 4.57 Å². The fourth-order valence-electron chi connectivity index (χ4n) is 3.40. The molecule has 0 unspecified atom stereocenters. The monoisotopic (exact) mass is 284 g/mol. The van der Waals surface area contributed by atoms with Crippen LogP contribution in [0.1, 0.15) is 12.5 Å². The van der Waals surface area contributed by atoms with Gasteiger partial charge in [0.25, 0.3) is 0 Å². The SMILES string of the molecule is CCn1c2cc[c]cc2c2cc(-c3ccccc3C)ccc21. The second-order valence-electron chi connectivity index (χ2n) is 5.73. The first-order chi connectivity index (χ1) is 10.8. The molecule has 1 radical (unpaired) electrons. The maximum Gasteiger partial charge on any atom is 0.0491 e. The van der Waals surface area contributed by atoms with Crippen LogP contribution in [0.3, 0.4) is 0 Å². The van der Waals surface area contributed by atoms with Crippen molar-refractivity contribution < 1.29 is 0 Å². The molecule has 107 valence electrons. The molecule has 0 bridgehead atoms. The van der Waals surface area contributed by atoms with Crippen molar-refractivity contribution in [1.82, 2.24) is 4.57 Å². The van der Waals surface area contributed by atoms with E-state index in [1.54, 1.807) is 0 Å². The van der Waals surface area contributed by atoms with E-state index in [0.717, 1.165) is 6.54 Å². The minimum absolute atomic E-state index is 0.980. The number of hydrogen-bond acceptors (Lipinski definition) is 0. The van der Waals surface area contributed by atoms with Crippen molar-refractivity contribution in [3.8, 4) is 11.1 Å². The summed E-state index contributed by atoms with van der Waals surface area (Å²) in [6.07, 6.45) is 0. The number of aromatic nitrogens is 1. The third-order valence-corrected chi connectivity index (χ3v) is 4.48. The molecule has 0 saturated carbocycles. The van der Waals surface area contributed by atoms with Gasteiger partial charge in [-0.2, -0.15) is 0 Å². The summed E-state index contributed by atoms with van der Waals surface area (Å²) in [5.41, 5.74) is 6.49. The molecule has 1 aromatic heterocycles. The van der Waals surface area contributed by atoms with Gasteiger partial charge in [0.05, 0.1) is 0 Å². The molecule has 0 N–H and O–H groups in total. The molecular weight excluding hydrogens is 266 g/mol. The first kappa shape index (κ1) is 13.1. The van der Waals surface area contributed by atoms with Crippen LogP contribution >= 0.6 is 0 Å². The van der Waals surface area contributed by atoms with Gasteiger partial charge < -0.3 is 4.57 Å². The molecule has 0 atom stereocenters. The lowest BCUT2D eigenvalue weighted by Gasteiger charge is -2.07. The Morgan fingerprint density at radius 2 is 1.77 bits per heavy atom. The summed E-state index contributed by atoms with van der Waals surface area (Å²) in [4.78, 5) is 0. The molecule has 0 saturated heterocycles. The first-order valence-corrected chi connectivity index (χ1v) is 7.77. The molecule has 1 heteroatoms. The van der Waals surface area contributed by atoms with E-state index in [-0.39, 0.29) is 0 Å². The molecular formula is C21H18N. The highest BCUT2D eigenvalue weighted by molar-refractivity contribution is 6.09. The Kier molecular flexibility index (Phi) is 3.00. The maximum atomic E-state index is 3.22. The van der Waals surface area contributed by atoms with E-state index in [2.05, 4.69) is 79.1 Å². The quantitative estimate of drug-likeness (QED) is 0.452. The van der Waals surface area contributed by atoms with Crippen LogP contribution in [0.25, 0.3) is 32.9 Å². The minimum Gasteiger partial charge on any atom is -0.341 e. The summed E-state index contributed by atoms with van der Waals surface area (Å²) in [5.74, 6) is 0. The average molecular weight is 284 g/mol. The standard InChI is InChI=1S/C21H18N/c1-3-22-20-11-7-6-10-18(20)19-14-16(12-13-21(19)22)17-9-5-4-8-15(17)2/h4-5,7-14H,3H2,1-2H3. The van der Waals surface area contributed by atoms with Crippen molar-refractivity contribution in [2.24, 2.45) is 0 Å². The molecule has 22 heavy (non-hydrogen) atoms. The number of aryl methyl sites for hydroxylation is 2. The number of rotatable bonds is 2. The summed E-state index contributed by atoms with van der Waals surface area (Å²) < 4.78 is 2.38. The third-order valence-electron chi connectivity index (χ3n) is 4.48. The molecule has 0 fully saturated rings. The van der Waals surface area contributed by atoms with Gasteiger partial charge in [-0.15, -0.1) is 0 Å². The van der Waals surface area contributed by atoms with E-state index in [1.165, 1.54) is 38.5 Å². The summed E-state index contributed by atoms with van der Waals surface area (Å²) >= 11 is 0. The molecule has 0 spiro atoms. The van der Waals surface area contributed by atoms with Crippen LogP contribution < -0.4 is 0 Å². The Bertz CT molecular complexity index is 976. The highest BCUT2D eigenvalue weighted by Crippen LogP contribution is 2.33. The van der Waals surface area contributed by atoms with E-state index in [1.807, 2.05) is 6.07 Å². The second kappa shape index (κ2) is 5.03. The molecule has 1 nitrogen and oxygen atoms in total. The van der Waals surface area contributed by atoms with Gasteiger partial charge in [-0.1, -0.05) is 36.4 Å². The molecule has 0 aliphatic carbocycles. The number of benzene rings is 3. The number of fused-ring (bicyclic) bond motifs is 3. The zero-order valence-corrected chi connectivity index (χ0v) is 12.9. The summed E-state index contributed by atoms with van der Waals surface area (Å²) in [7, 11) is 0. The van der Waals surface area contributed by atoms with E-state index < -0.39 is 0 Å². The first-order valence-electron chi connectivity index (χ1n) is 7.77. The van der Waals surface area contributed by atoms with E-state index in [9.17, 15) is 0 Å². The van der Waals surface area contributed by atoms with Gasteiger partial charge in [0, 0.05) is 28.4 Å². The highest BCUT2D eigenvalue weighted by Gasteiger charge is 2.10. The Labute approximate surface area is 130 Å². The van der Waals surface area contributed by atoms with Crippen LogP contribution in [0, 0.1) is 13.0 Å². The molecule has 3 aromatic carbocycles. The van der Waals surface area contributed by atoms with E-state index in [0.29, 0.717) is 0 Å². The van der Waals surface area contributed by atoms with Gasteiger partial charge in [0.1, 0.15) is 0 Å². The number of nitrogens with zero attached hydrogens (tertiary/aromatic N) is 1. The summed E-state index contributed by atoms with van der Waals surface area (Å²) in [6, 6.07) is 24.8. The van der Waals surface area contributed by atoms with Gasteiger partial charge in [0.15, 0.2) is 0 Å². The van der Waals surface area contributed by atoms with Crippen molar-refractivity contribution in [3.05, 3.63) is 72.3 Å². The Hall–Kier alpha value is -2.54. The molecule has 0 aliphatic rings. The Morgan fingerprint density at radius 1 is 0.955 bits per heavy atom. The van der Waals surface area contributed by atoms with Gasteiger partial charge in [-0.3, -0.25) is 0 Å². The highest BCUT2D eigenvalue weighted by atomic mass is 15.0. The lowest BCUT2D eigenvalue weighted by Crippen LogP contribution is -1.92. The normalized spacial score (nSPS) is 11.4. The van der Waals surface area contributed by atoms with Crippen LogP contribution in [0.5, 0.6) is 0 Å². The maximum absolute atomic E-state index is 3.22. The van der Waals surface area contributed by atoms with Gasteiger partial charge >= 0.3 is 0 Å². The fraction of sp³-hybridized carbons (Fsp3) is 0.143. The predicted molar refractivity (Wildman–Crippen MR) is 94.1 cm³/mol. The summed E-state index contributed by atoms with van der Waals surface area (Å²) in [6.45, 7) is 5.35. The lowest BCUT2D eigenvalue weighted by atomic mass is 9.99. The number of hydrogen-bond donors (Lipinski definition) is 0. The topological polar surface area (TPSA) is 4.93 Å². The smallest absolute Gasteiger partial charge is 0.0491 e. The average Bonchev–Trinajstić information content (AvgIpc) is 2.88. The van der Waals surface area contributed by atoms with Crippen molar-refractivity contribution >= 4 is 21.8 Å². The fourth-order valence-corrected chi connectivity index (χ4v) is 3.40. The van der Waals surface area contributed by atoms with Crippen LogP contribution in [-0.2, 0) is 6.54 Å². The molecule has 4 rings (SSSR count).